The molecule has 0 aromatic rings. The summed E-state index contributed by atoms with van der Waals surface area (Å²) in [5, 5.41) is 54.1. The molecule has 1 saturated heterocycles. The molecular formula is C56H101NO8. The second-order valence-electron chi connectivity index (χ2n) is 18.7. The van der Waals surface area contributed by atoms with E-state index in [0.717, 1.165) is 51.4 Å². The van der Waals surface area contributed by atoms with Crippen molar-refractivity contribution in [1.29, 1.82) is 0 Å². The third-order valence-corrected chi connectivity index (χ3v) is 12.6. The quantitative estimate of drug-likeness (QED) is 0.0261. The van der Waals surface area contributed by atoms with Crippen LogP contribution in [0.3, 0.4) is 0 Å². The van der Waals surface area contributed by atoms with E-state index in [1.54, 1.807) is 6.08 Å². The molecule has 1 amide bonds. The van der Waals surface area contributed by atoms with Gasteiger partial charge in [-0.05, 0) is 71.1 Å². The number of nitrogens with one attached hydrogen (secondary N) is 1. The summed E-state index contributed by atoms with van der Waals surface area (Å²) in [6.07, 6.45) is 54.8. The predicted octanol–water partition coefficient (Wildman–Crippen LogP) is 12.7. The molecule has 9 nitrogen and oxygen atoms in total. The maximum Gasteiger partial charge on any atom is 0.220 e. The van der Waals surface area contributed by atoms with E-state index in [0.29, 0.717) is 6.42 Å². The molecule has 0 aromatic carbocycles. The lowest BCUT2D eigenvalue weighted by molar-refractivity contribution is -0.302. The highest BCUT2D eigenvalue weighted by Crippen LogP contribution is 2.23. The van der Waals surface area contributed by atoms with E-state index in [2.05, 4.69) is 54.8 Å². The third-order valence-electron chi connectivity index (χ3n) is 12.6. The SMILES string of the molecule is C/C=C/CC/C=C/CC/C=C/C(O)C(COC1OC(CO)C(O)C(O)C1O)NC(=O)CCCCCCCCCCCCCCCCCCCCCCC/C=C\C/C=C\CCCCCCC. The van der Waals surface area contributed by atoms with Crippen molar-refractivity contribution in [3.8, 4) is 0 Å². The number of carbonyl (C=O) groups is 1. The van der Waals surface area contributed by atoms with Gasteiger partial charge in [-0.3, -0.25) is 4.79 Å². The van der Waals surface area contributed by atoms with Crippen molar-refractivity contribution in [2.45, 2.75) is 275 Å². The molecule has 1 rings (SSSR count). The van der Waals surface area contributed by atoms with E-state index in [4.69, 9.17) is 9.47 Å². The third kappa shape index (κ3) is 35.7. The summed E-state index contributed by atoms with van der Waals surface area (Å²) in [6.45, 7) is 3.51. The first-order valence-corrected chi connectivity index (χ1v) is 27.0. The normalized spacial score (nSPS) is 20.4. The molecule has 1 aliphatic rings. The number of amides is 1. The summed E-state index contributed by atoms with van der Waals surface area (Å²) in [6, 6.07) is -0.826. The standard InChI is InChI=1S/C56H101NO8/c1-3-5-7-9-11-13-14-15-16-17-18-19-20-21-22-23-24-25-26-27-28-29-30-31-32-33-34-35-36-38-40-42-44-46-52(60)57-49(50(59)45-43-41-39-37-12-10-8-6-4-2)48-64-56-55(63)54(62)53(61)51(47-58)65-56/h4,6,12,14-15,17-18,37,43,45,49-51,53-56,58-59,61-63H,3,5,7-11,13,16,19-36,38-42,44,46-48H2,1-2H3,(H,57,60)/b6-4+,15-14-,18-17-,37-12+,45-43+. The number of unbranched alkanes of at least 4 members (excludes halogenated alkanes) is 28. The Morgan fingerprint density at radius 2 is 0.985 bits per heavy atom. The van der Waals surface area contributed by atoms with Crippen LogP contribution in [-0.2, 0) is 14.3 Å². The molecule has 1 heterocycles. The second kappa shape index (κ2) is 45.7. The van der Waals surface area contributed by atoms with E-state index >= 15 is 0 Å². The van der Waals surface area contributed by atoms with Crippen LogP contribution in [0.15, 0.2) is 60.8 Å². The predicted molar refractivity (Wildman–Crippen MR) is 272 cm³/mol. The largest absolute Gasteiger partial charge is 0.394 e. The van der Waals surface area contributed by atoms with Crippen molar-refractivity contribution in [2.24, 2.45) is 0 Å². The molecule has 0 radical (unpaired) electrons. The summed E-state index contributed by atoms with van der Waals surface area (Å²) >= 11 is 0. The lowest BCUT2D eigenvalue weighted by Gasteiger charge is -2.40. The van der Waals surface area contributed by atoms with Crippen LogP contribution in [-0.4, -0.2) is 87.5 Å². The summed E-state index contributed by atoms with van der Waals surface area (Å²) in [7, 11) is 0. The van der Waals surface area contributed by atoms with Crippen LogP contribution in [0.2, 0.25) is 0 Å². The van der Waals surface area contributed by atoms with Gasteiger partial charge in [0, 0.05) is 6.42 Å². The first kappa shape index (κ1) is 60.9. The fourth-order valence-electron chi connectivity index (χ4n) is 8.34. The lowest BCUT2D eigenvalue weighted by Crippen LogP contribution is -2.60. The number of hydrogen-bond donors (Lipinski definition) is 6. The summed E-state index contributed by atoms with van der Waals surface area (Å²) in [4.78, 5) is 13.0. The second-order valence-corrected chi connectivity index (χ2v) is 18.7. The van der Waals surface area contributed by atoms with Crippen LogP contribution in [0, 0.1) is 0 Å². The monoisotopic (exact) mass is 916 g/mol. The molecule has 0 aromatic heterocycles. The van der Waals surface area contributed by atoms with Crippen LogP contribution in [0.4, 0.5) is 0 Å². The highest BCUT2D eigenvalue weighted by atomic mass is 16.7. The van der Waals surface area contributed by atoms with Gasteiger partial charge in [0.1, 0.15) is 24.4 Å². The minimum Gasteiger partial charge on any atom is -0.394 e. The maximum absolute atomic E-state index is 13.0. The number of ether oxygens (including phenoxy) is 2. The Bertz CT molecular complexity index is 1200. The topological polar surface area (TPSA) is 149 Å². The molecule has 0 spiro atoms. The van der Waals surface area contributed by atoms with E-state index in [1.165, 1.54) is 161 Å². The Hall–Kier alpha value is -2.11. The van der Waals surface area contributed by atoms with Crippen molar-refractivity contribution in [3.05, 3.63) is 60.8 Å². The van der Waals surface area contributed by atoms with Crippen molar-refractivity contribution in [3.63, 3.8) is 0 Å². The highest BCUT2D eigenvalue weighted by Gasteiger charge is 2.44. The van der Waals surface area contributed by atoms with Gasteiger partial charge in [0.25, 0.3) is 0 Å². The molecule has 7 unspecified atom stereocenters. The van der Waals surface area contributed by atoms with E-state index in [9.17, 15) is 30.3 Å². The van der Waals surface area contributed by atoms with Gasteiger partial charge in [0.2, 0.25) is 5.91 Å². The zero-order chi connectivity index (χ0) is 47.3. The zero-order valence-electron chi connectivity index (χ0n) is 41.7. The molecule has 9 heteroatoms. The van der Waals surface area contributed by atoms with Gasteiger partial charge < -0.3 is 40.3 Å². The average Bonchev–Trinajstić information content (AvgIpc) is 3.31. The van der Waals surface area contributed by atoms with Gasteiger partial charge in [0.15, 0.2) is 6.29 Å². The molecule has 378 valence electrons. The van der Waals surface area contributed by atoms with Crippen LogP contribution < -0.4 is 5.32 Å². The summed E-state index contributed by atoms with van der Waals surface area (Å²) in [5.74, 6) is -0.193. The van der Waals surface area contributed by atoms with Crippen LogP contribution in [0.25, 0.3) is 0 Å². The fraction of sp³-hybridized carbons (Fsp3) is 0.804. The number of aliphatic hydroxyl groups is 5. The molecule has 0 aliphatic carbocycles. The minimum absolute atomic E-state index is 0.193. The number of rotatable bonds is 45. The average molecular weight is 916 g/mol. The van der Waals surface area contributed by atoms with Gasteiger partial charge in [-0.15, -0.1) is 0 Å². The Kier molecular flexibility index (Phi) is 42.8. The van der Waals surface area contributed by atoms with Crippen LogP contribution >= 0.6 is 0 Å². The number of carbonyl (C=O) groups excluding carboxylic acids is 1. The number of allylic oxidation sites excluding steroid dienone is 9. The molecule has 7 atom stereocenters. The maximum atomic E-state index is 13.0. The Labute approximate surface area is 398 Å². The van der Waals surface area contributed by atoms with E-state index in [-0.39, 0.29) is 12.5 Å². The summed E-state index contributed by atoms with van der Waals surface area (Å²) < 4.78 is 11.2. The van der Waals surface area contributed by atoms with Crippen molar-refractivity contribution in [2.75, 3.05) is 13.2 Å². The summed E-state index contributed by atoms with van der Waals surface area (Å²) in [5.41, 5.74) is 0. The van der Waals surface area contributed by atoms with Crippen molar-refractivity contribution < 1.29 is 39.8 Å². The van der Waals surface area contributed by atoms with Gasteiger partial charge in [-0.25, -0.2) is 0 Å². The van der Waals surface area contributed by atoms with Gasteiger partial charge in [-0.2, -0.15) is 0 Å². The van der Waals surface area contributed by atoms with Gasteiger partial charge >= 0.3 is 0 Å². The van der Waals surface area contributed by atoms with Crippen LogP contribution in [0.1, 0.15) is 232 Å². The fourth-order valence-corrected chi connectivity index (χ4v) is 8.34. The highest BCUT2D eigenvalue weighted by molar-refractivity contribution is 5.76. The Balaban J connectivity index is 2.07. The number of aliphatic hydroxyl groups excluding tert-OH is 5. The molecule has 6 N–H and O–H groups in total. The van der Waals surface area contributed by atoms with Gasteiger partial charge in [-0.1, -0.05) is 215 Å². The minimum atomic E-state index is -1.57. The first-order valence-electron chi connectivity index (χ1n) is 27.0. The van der Waals surface area contributed by atoms with Gasteiger partial charge in [0.05, 0.1) is 25.4 Å². The Morgan fingerprint density at radius 1 is 0.554 bits per heavy atom. The van der Waals surface area contributed by atoms with Crippen molar-refractivity contribution in [1.82, 2.24) is 5.32 Å². The van der Waals surface area contributed by atoms with E-state index in [1.807, 2.05) is 19.1 Å². The zero-order valence-corrected chi connectivity index (χ0v) is 41.7. The molecule has 1 aliphatic heterocycles. The van der Waals surface area contributed by atoms with Crippen molar-refractivity contribution >= 4 is 5.91 Å². The van der Waals surface area contributed by atoms with E-state index < -0.39 is 49.5 Å². The Morgan fingerprint density at radius 3 is 1.46 bits per heavy atom. The molecule has 0 bridgehead atoms. The molecule has 0 saturated carbocycles. The molecular weight excluding hydrogens is 815 g/mol. The first-order chi connectivity index (χ1) is 31.8. The number of hydrogen-bond acceptors (Lipinski definition) is 8. The lowest BCUT2D eigenvalue weighted by atomic mass is 9.99. The smallest absolute Gasteiger partial charge is 0.220 e. The molecule has 65 heavy (non-hydrogen) atoms. The molecule has 1 fully saturated rings. The van der Waals surface area contributed by atoms with Crippen LogP contribution in [0.5, 0.6) is 0 Å².